The van der Waals surface area contributed by atoms with Crippen LogP contribution in [-0.2, 0) is 0 Å². The molecule has 0 radical (unpaired) electrons. The van der Waals surface area contributed by atoms with E-state index in [4.69, 9.17) is 19.3 Å². The van der Waals surface area contributed by atoms with Gasteiger partial charge in [-0.05, 0) is 0 Å². The minimum atomic E-state index is -1.01. The second kappa shape index (κ2) is 5.53. The van der Waals surface area contributed by atoms with E-state index in [2.05, 4.69) is 9.97 Å². The van der Waals surface area contributed by atoms with Crippen molar-refractivity contribution in [1.82, 2.24) is 9.97 Å². The van der Waals surface area contributed by atoms with E-state index in [9.17, 15) is 4.79 Å². The van der Waals surface area contributed by atoms with E-state index in [1.165, 1.54) is 26.4 Å². The van der Waals surface area contributed by atoms with Crippen molar-refractivity contribution in [3.8, 4) is 23.5 Å². The van der Waals surface area contributed by atoms with Crippen molar-refractivity contribution < 1.29 is 24.1 Å². The molecule has 7 nitrogen and oxygen atoms in total. The third kappa shape index (κ3) is 3.10. The number of aromatic carboxylic acids is 1. The number of aromatic nitrogens is 2. The molecular formula is C11H10N2O5S. The maximum absolute atomic E-state index is 10.8. The second-order valence-corrected chi connectivity index (χ2v) is 4.20. The van der Waals surface area contributed by atoms with E-state index in [1.54, 1.807) is 5.38 Å². The smallest absolute Gasteiger partial charge is 0.346 e. The standard InChI is InChI=1S/C11H10N2O5S/c1-16-8-4-9(17-2)13-11(12-8)18-6-3-7(10(14)15)19-5-6/h3-5H,1-2H3,(H,14,15). The van der Waals surface area contributed by atoms with Crippen molar-refractivity contribution in [1.29, 1.82) is 0 Å². The van der Waals surface area contributed by atoms with Crippen molar-refractivity contribution in [2.45, 2.75) is 0 Å². The van der Waals surface area contributed by atoms with Gasteiger partial charge < -0.3 is 19.3 Å². The molecule has 2 aromatic rings. The van der Waals surface area contributed by atoms with Crippen LogP contribution in [0.2, 0.25) is 0 Å². The van der Waals surface area contributed by atoms with Crippen LogP contribution in [0.4, 0.5) is 0 Å². The lowest BCUT2D eigenvalue weighted by atomic mass is 10.4. The van der Waals surface area contributed by atoms with Gasteiger partial charge in [0.2, 0.25) is 11.8 Å². The normalized spacial score (nSPS) is 10.0. The summed E-state index contributed by atoms with van der Waals surface area (Å²) in [6.07, 6.45) is 0. The van der Waals surface area contributed by atoms with E-state index >= 15 is 0 Å². The van der Waals surface area contributed by atoms with Crippen LogP contribution in [0.3, 0.4) is 0 Å². The summed E-state index contributed by atoms with van der Waals surface area (Å²) in [6, 6.07) is 2.91. The van der Waals surface area contributed by atoms with Gasteiger partial charge in [0, 0.05) is 11.4 Å². The summed E-state index contributed by atoms with van der Waals surface area (Å²) in [5, 5.41) is 10.4. The average molecular weight is 282 g/mol. The topological polar surface area (TPSA) is 90.8 Å². The van der Waals surface area contributed by atoms with Crippen LogP contribution in [0.5, 0.6) is 23.5 Å². The molecule has 0 amide bonds. The van der Waals surface area contributed by atoms with Crippen molar-refractivity contribution in [3.63, 3.8) is 0 Å². The molecule has 2 heterocycles. The third-order valence-corrected chi connectivity index (χ3v) is 2.97. The highest BCUT2D eigenvalue weighted by molar-refractivity contribution is 7.12. The Labute approximate surface area is 112 Å². The fourth-order valence-electron chi connectivity index (χ4n) is 1.23. The summed E-state index contributed by atoms with van der Waals surface area (Å²) in [4.78, 5) is 18.9. The minimum Gasteiger partial charge on any atom is -0.481 e. The van der Waals surface area contributed by atoms with E-state index in [1.807, 2.05) is 0 Å². The van der Waals surface area contributed by atoms with Crippen LogP contribution in [0.25, 0.3) is 0 Å². The maximum atomic E-state index is 10.8. The fourth-order valence-corrected chi connectivity index (χ4v) is 1.87. The molecule has 2 aromatic heterocycles. The zero-order chi connectivity index (χ0) is 13.8. The average Bonchev–Trinajstić information content (AvgIpc) is 2.87. The van der Waals surface area contributed by atoms with Gasteiger partial charge >= 0.3 is 12.0 Å². The van der Waals surface area contributed by atoms with Crippen LogP contribution in [0.1, 0.15) is 9.67 Å². The Bertz CT molecular complexity index is 576. The summed E-state index contributed by atoms with van der Waals surface area (Å²) >= 11 is 1.05. The largest absolute Gasteiger partial charge is 0.481 e. The number of carboxylic acids is 1. The first-order valence-electron chi connectivity index (χ1n) is 5.09. The summed E-state index contributed by atoms with van der Waals surface area (Å²) in [5.41, 5.74) is 0. The third-order valence-electron chi connectivity index (χ3n) is 2.07. The zero-order valence-corrected chi connectivity index (χ0v) is 10.9. The highest BCUT2D eigenvalue weighted by Crippen LogP contribution is 2.27. The minimum absolute atomic E-state index is 0.0194. The molecule has 0 aliphatic carbocycles. The molecule has 0 fully saturated rings. The number of rotatable bonds is 5. The fraction of sp³-hybridized carbons (Fsp3) is 0.182. The molecule has 100 valence electrons. The Balaban J connectivity index is 2.23. The molecule has 0 aliphatic heterocycles. The number of ether oxygens (including phenoxy) is 3. The lowest BCUT2D eigenvalue weighted by Gasteiger charge is -2.05. The first-order chi connectivity index (χ1) is 9.12. The molecule has 0 saturated heterocycles. The van der Waals surface area contributed by atoms with E-state index < -0.39 is 5.97 Å². The highest BCUT2D eigenvalue weighted by atomic mass is 32.1. The predicted molar refractivity (Wildman–Crippen MR) is 66.5 cm³/mol. The quantitative estimate of drug-likeness (QED) is 0.897. The first kappa shape index (κ1) is 13.1. The second-order valence-electron chi connectivity index (χ2n) is 3.29. The molecule has 0 unspecified atom stereocenters. The molecule has 8 heteroatoms. The monoisotopic (exact) mass is 282 g/mol. The lowest BCUT2D eigenvalue weighted by molar-refractivity contribution is 0.0702. The highest BCUT2D eigenvalue weighted by Gasteiger charge is 2.11. The number of carboxylic acid groups (broad SMARTS) is 1. The van der Waals surface area contributed by atoms with Crippen LogP contribution in [0, 0.1) is 0 Å². The van der Waals surface area contributed by atoms with Crippen LogP contribution < -0.4 is 14.2 Å². The number of hydrogen-bond donors (Lipinski definition) is 1. The summed E-state index contributed by atoms with van der Waals surface area (Å²) in [7, 11) is 2.91. The van der Waals surface area contributed by atoms with Crippen molar-refractivity contribution in [2.24, 2.45) is 0 Å². The van der Waals surface area contributed by atoms with E-state index in [0.717, 1.165) is 11.3 Å². The number of nitrogens with zero attached hydrogens (tertiary/aromatic N) is 2. The Morgan fingerprint density at radius 3 is 2.32 bits per heavy atom. The Morgan fingerprint density at radius 1 is 1.21 bits per heavy atom. The van der Waals surface area contributed by atoms with Gasteiger partial charge in [0.05, 0.1) is 20.3 Å². The first-order valence-corrected chi connectivity index (χ1v) is 5.97. The summed E-state index contributed by atoms with van der Waals surface area (Å²) in [6.45, 7) is 0. The van der Waals surface area contributed by atoms with Crippen LogP contribution in [0.15, 0.2) is 17.5 Å². The Morgan fingerprint density at radius 2 is 1.84 bits per heavy atom. The van der Waals surface area contributed by atoms with E-state index in [0.29, 0.717) is 5.75 Å². The van der Waals surface area contributed by atoms with Gasteiger partial charge in [0.25, 0.3) is 0 Å². The SMILES string of the molecule is COc1cc(OC)nc(Oc2csc(C(=O)O)c2)n1. The van der Waals surface area contributed by atoms with Crippen molar-refractivity contribution in [2.75, 3.05) is 14.2 Å². The number of carbonyl (C=O) groups is 1. The number of thiophene rings is 1. The maximum Gasteiger partial charge on any atom is 0.346 e. The molecule has 0 aromatic carbocycles. The van der Waals surface area contributed by atoms with Gasteiger partial charge in [0.15, 0.2) is 0 Å². The molecule has 0 bridgehead atoms. The number of methoxy groups -OCH3 is 2. The van der Waals surface area contributed by atoms with Gasteiger partial charge in [-0.25, -0.2) is 4.79 Å². The van der Waals surface area contributed by atoms with Gasteiger partial charge in [-0.3, -0.25) is 0 Å². The predicted octanol–water partition coefficient (Wildman–Crippen LogP) is 2.05. The number of hydrogen-bond acceptors (Lipinski definition) is 7. The van der Waals surface area contributed by atoms with Gasteiger partial charge in [0.1, 0.15) is 10.6 Å². The molecule has 0 spiro atoms. The van der Waals surface area contributed by atoms with Crippen molar-refractivity contribution >= 4 is 17.3 Å². The molecule has 19 heavy (non-hydrogen) atoms. The van der Waals surface area contributed by atoms with E-state index in [-0.39, 0.29) is 22.6 Å². The lowest BCUT2D eigenvalue weighted by Crippen LogP contribution is -1.97. The van der Waals surface area contributed by atoms with Gasteiger partial charge in [-0.2, -0.15) is 9.97 Å². The molecular weight excluding hydrogens is 272 g/mol. The molecule has 2 rings (SSSR count). The molecule has 1 N–H and O–H groups in total. The summed E-state index contributed by atoms with van der Waals surface area (Å²) in [5.74, 6) is -0.0900. The van der Waals surface area contributed by atoms with Crippen LogP contribution >= 0.6 is 11.3 Å². The summed E-state index contributed by atoms with van der Waals surface area (Å²) < 4.78 is 15.3. The van der Waals surface area contributed by atoms with Crippen molar-refractivity contribution in [3.05, 3.63) is 22.4 Å². The molecule has 0 atom stereocenters. The van der Waals surface area contributed by atoms with Gasteiger partial charge in [-0.1, -0.05) is 0 Å². The van der Waals surface area contributed by atoms with Gasteiger partial charge in [-0.15, -0.1) is 11.3 Å². The Kier molecular flexibility index (Phi) is 3.81. The molecule has 0 saturated carbocycles. The zero-order valence-electron chi connectivity index (χ0n) is 10.1. The molecule has 0 aliphatic rings. The van der Waals surface area contributed by atoms with Crippen LogP contribution in [-0.4, -0.2) is 35.3 Å². The Hall–Kier alpha value is -2.35.